The molecule has 12 atom stereocenters. The monoisotopic (exact) mass is 1500 g/mol. The van der Waals surface area contributed by atoms with Crippen molar-refractivity contribution in [2.75, 3.05) is 38.0 Å². The smallest absolute Gasteiger partial charge is 0.308 e. The van der Waals surface area contributed by atoms with Crippen molar-refractivity contribution in [1.29, 1.82) is 0 Å². The van der Waals surface area contributed by atoms with E-state index in [2.05, 4.69) is 54.8 Å². The van der Waals surface area contributed by atoms with E-state index in [-0.39, 0.29) is 50.6 Å². The van der Waals surface area contributed by atoms with Crippen molar-refractivity contribution in [3.63, 3.8) is 0 Å². The van der Waals surface area contributed by atoms with E-state index < -0.39 is 206 Å². The maximum absolute atomic E-state index is 15.1. The molecule has 37 heteroatoms. The Morgan fingerprint density at radius 3 is 1.57 bits per heavy atom. The molecule has 2 aliphatic rings. The van der Waals surface area contributed by atoms with Crippen LogP contribution in [0.25, 0.3) is 6.08 Å². The lowest BCUT2D eigenvalue weighted by Gasteiger charge is -2.39. The maximum atomic E-state index is 15.1. The summed E-state index contributed by atoms with van der Waals surface area (Å²) in [6.45, 7) is 8.54. The second-order valence-electron chi connectivity index (χ2n) is 26.6. The van der Waals surface area contributed by atoms with Gasteiger partial charge in [-0.25, -0.2) is 0 Å². The Hall–Kier alpha value is -10.6. The minimum absolute atomic E-state index is 0.0542. The molecule has 2 fully saturated rings. The Bertz CT molecular complexity index is 3300. The average molecular weight is 1500 g/mol. The van der Waals surface area contributed by atoms with Gasteiger partial charge in [-0.3, -0.25) is 86.3 Å². The van der Waals surface area contributed by atoms with Crippen LogP contribution in [0, 0.1) is 11.8 Å². The van der Waals surface area contributed by atoms with Crippen LogP contribution in [0.15, 0.2) is 30.3 Å². The lowest BCUT2D eigenvalue weighted by atomic mass is 9.96. The van der Waals surface area contributed by atoms with Crippen LogP contribution in [0.5, 0.6) is 0 Å². The van der Waals surface area contributed by atoms with Gasteiger partial charge in [-0.2, -0.15) is 0 Å². The van der Waals surface area contributed by atoms with E-state index in [9.17, 15) is 102 Å². The van der Waals surface area contributed by atoms with Gasteiger partial charge in [0.15, 0.2) is 0 Å². The molecule has 0 saturated carbocycles. The van der Waals surface area contributed by atoms with E-state index in [1.807, 2.05) is 29.8 Å². The van der Waals surface area contributed by atoms with E-state index >= 15 is 4.79 Å². The van der Waals surface area contributed by atoms with Gasteiger partial charge in [-0.15, -0.1) is 0 Å². The number of carboxylic acids is 4. The zero-order chi connectivity index (χ0) is 79.3. The SMILES string of the molecule is CCCCCCCCCCCC(=O)Nc1ccc(/C=C/C(=O)NC(CC(=O)O)C(=O)NC(C(=O)N2CCCCC2C(=O)NC(C(=O)NC(CC(=O)O)C(=O)NCC(=O)NC(CC(=O)O)C(=O)NCC(=O)NC(C(=O)NC(C)C(C)C)C(C)NC(=O)CN)C(C)C(=O)O)C(C)NC(=O)C2CCCN2C=O)cc1. The molecular formula is C69H105N15O22. The first-order valence-corrected chi connectivity index (χ1v) is 35.5. The summed E-state index contributed by atoms with van der Waals surface area (Å²) >= 11 is 0. The summed E-state index contributed by atoms with van der Waals surface area (Å²) in [5.41, 5.74) is 6.35. The second-order valence-corrected chi connectivity index (χ2v) is 26.6. The van der Waals surface area contributed by atoms with Crippen LogP contribution in [0.4, 0.5) is 5.69 Å². The lowest BCUT2D eigenvalue weighted by Crippen LogP contribution is -2.65. The van der Waals surface area contributed by atoms with Gasteiger partial charge < -0.3 is 99.8 Å². The molecule has 0 aliphatic carbocycles. The lowest BCUT2D eigenvalue weighted by molar-refractivity contribution is -0.149. The Morgan fingerprint density at radius 1 is 0.500 bits per heavy atom. The Balaban J connectivity index is 1.83. The molecule has 2 heterocycles. The van der Waals surface area contributed by atoms with Crippen LogP contribution in [-0.4, -0.2) is 236 Å². The number of unbranched alkanes of at least 4 members (excludes halogenated alkanes) is 8. The van der Waals surface area contributed by atoms with Crippen LogP contribution in [0.2, 0.25) is 0 Å². The number of amides is 14. The van der Waals surface area contributed by atoms with Crippen molar-refractivity contribution in [1.82, 2.24) is 68.3 Å². The number of nitrogens with one attached hydrogen (secondary N) is 12. The molecular weight excluding hydrogens is 1390 g/mol. The fraction of sp³-hybridized carbons (Fsp3) is 0.623. The number of carboxylic acid groups (broad SMARTS) is 4. The zero-order valence-corrected chi connectivity index (χ0v) is 60.9. The van der Waals surface area contributed by atoms with Crippen molar-refractivity contribution >= 4 is 119 Å². The minimum Gasteiger partial charge on any atom is -0.481 e. The fourth-order valence-electron chi connectivity index (χ4n) is 11.4. The topological polar surface area (TPSA) is 565 Å². The first kappa shape index (κ1) is 89.6. The van der Waals surface area contributed by atoms with Gasteiger partial charge in [0.25, 0.3) is 0 Å². The van der Waals surface area contributed by atoms with E-state index in [0.717, 1.165) is 43.6 Å². The van der Waals surface area contributed by atoms with Crippen LogP contribution in [0.3, 0.4) is 0 Å². The number of carbonyl (C=O) groups excluding carboxylic acids is 14. The van der Waals surface area contributed by atoms with Crippen LogP contribution in [-0.2, 0) is 86.3 Å². The molecule has 2 aliphatic heterocycles. The molecule has 0 aromatic heterocycles. The molecule has 0 spiro atoms. The highest BCUT2D eigenvalue weighted by molar-refractivity contribution is 6.02. The molecule has 588 valence electrons. The molecule has 2 saturated heterocycles. The van der Waals surface area contributed by atoms with Crippen LogP contribution < -0.4 is 69.5 Å². The maximum Gasteiger partial charge on any atom is 0.308 e. The van der Waals surface area contributed by atoms with Crippen LogP contribution >= 0.6 is 0 Å². The molecule has 37 nitrogen and oxygen atoms in total. The highest BCUT2D eigenvalue weighted by atomic mass is 16.4. The molecule has 0 radical (unpaired) electrons. The van der Waals surface area contributed by atoms with Gasteiger partial charge >= 0.3 is 23.9 Å². The summed E-state index contributed by atoms with van der Waals surface area (Å²) in [5.74, 6) is -22.0. The number of benzene rings is 1. The standard InChI is InChI=1S/C69H105N15O22/c1-8-9-10-11-12-13-14-15-16-22-50(86)76-44-26-23-43(24-27-44)25-28-51(87)77-47(33-57(95)96)63(99)82-60(42(7)75-64(100)48-21-19-29-83(48)37-85)68(104)84-30-18-17-20-49(84)65(101)81-58(39(4)69(105)106)66(102)79-46(32-56(93)94)62(98)71-35-53(89)78-45(31-55(91)92)61(97)72-36-54(90)80-59(41(6)73-52(88)34-70)67(103)74-40(5)38(2)3/h23-28,37-42,45-49,58-60H,8-22,29-36,70H2,1-7H3,(H,71,98)(H,72,97)(H,73,88)(H,74,103)(H,75,100)(H,76,86)(H,77,87)(H,78,89)(H,79,102)(H,80,90)(H,81,101)(H,82,99)(H,91,92)(H,93,94)(H,95,96)(H,105,106)/b28-25+. The molecule has 1 aromatic rings. The van der Waals surface area contributed by atoms with E-state index in [0.29, 0.717) is 30.5 Å². The van der Waals surface area contributed by atoms with Gasteiger partial charge in [0, 0.05) is 37.3 Å². The molecule has 14 amide bonds. The zero-order valence-electron chi connectivity index (χ0n) is 60.9. The number of nitrogens with two attached hydrogens (primary N) is 1. The van der Waals surface area contributed by atoms with Crippen molar-refractivity contribution in [3.05, 3.63) is 35.9 Å². The number of nitrogens with zero attached hydrogens (tertiary/aromatic N) is 2. The van der Waals surface area contributed by atoms with E-state index in [1.165, 1.54) is 56.9 Å². The predicted molar refractivity (Wildman–Crippen MR) is 379 cm³/mol. The van der Waals surface area contributed by atoms with E-state index in [1.54, 1.807) is 31.2 Å². The molecule has 3 rings (SSSR count). The number of rotatable bonds is 47. The third kappa shape index (κ3) is 31.8. The number of carbonyl (C=O) groups is 18. The predicted octanol–water partition coefficient (Wildman–Crippen LogP) is -2.02. The minimum atomic E-state index is -2.19. The summed E-state index contributed by atoms with van der Waals surface area (Å²) in [7, 11) is 0. The number of aliphatic carboxylic acids is 4. The fourth-order valence-corrected chi connectivity index (χ4v) is 11.4. The largest absolute Gasteiger partial charge is 0.481 e. The second kappa shape index (κ2) is 46.3. The molecule has 12 unspecified atom stereocenters. The number of anilines is 1. The highest BCUT2D eigenvalue weighted by Crippen LogP contribution is 2.22. The molecule has 18 N–H and O–H groups in total. The average Bonchev–Trinajstić information content (AvgIpc) is 0.874. The van der Waals surface area contributed by atoms with Gasteiger partial charge in [-0.05, 0) is 95.9 Å². The Labute approximate surface area is 613 Å². The Morgan fingerprint density at radius 2 is 1.02 bits per heavy atom. The van der Waals surface area contributed by atoms with Gasteiger partial charge in [0.05, 0.1) is 56.9 Å². The number of likely N-dealkylation sites (tertiary alicyclic amines) is 2. The Kier molecular flexibility index (Phi) is 39.1. The third-order valence-electron chi connectivity index (χ3n) is 17.8. The summed E-state index contributed by atoms with van der Waals surface area (Å²) in [4.78, 5) is 239. The quantitative estimate of drug-likeness (QED) is 0.0190. The number of hydrogen-bond acceptors (Lipinski definition) is 19. The third-order valence-corrected chi connectivity index (χ3v) is 17.8. The summed E-state index contributed by atoms with van der Waals surface area (Å²) < 4.78 is 0. The van der Waals surface area contributed by atoms with Gasteiger partial charge in [0.2, 0.25) is 83.2 Å². The number of piperidine rings is 1. The number of hydrogen-bond donors (Lipinski definition) is 17. The first-order valence-electron chi connectivity index (χ1n) is 35.5. The first-order chi connectivity index (χ1) is 50.1. The normalized spacial score (nSPS) is 16.9. The molecule has 106 heavy (non-hydrogen) atoms. The van der Waals surface area contributed by atoms with Crippen molar-refractivity contribution in [2.45, 2.75) is 231 Å². The molecule has 0 bridgehead atoms. The summed E-state index contributed by atoms with van der Waals surface area (Å²) in [6.07, 6.45) is 10.4. The van der Waals surface area contributed by atoms with Crippen molar-refractivity contribution < 1.29 is 107 Å². The highest BCUT2D eigenvalue weighted by Gasteiger charge is 2.44. The molecule has 1 aromatic carbocycles. The van der Waals surface area contributed by atoms with E-state index in [4.69, 9.17) is 5.73 Å². The van der Waals surface area contributed by atoms with Crippen LogP contribution in [0.1, 0.15) is 170 Å². The van der Waals surface area contributed by atoms with Gasteiger partial charge in [0.1, 0.15) is 48.3 Å². The van der Waals surface area contributed by atoms with Crippen molar-refractivity contribution in [3.8, 4) is 0 Å². The van der Waals surface area contributed by atoms with Gasteiger partial charge in [-0.1, -0.05) is 84.3 Å². The summed E-state index contributed by atoms with van der Waals surface area (Å²) in [5, 5.41) is 67.7. The summed E-state index contributed by atoms with van der Waals surface area (Å²) in [6, 6.07) is -10.6. The van der Waals surface area contributed by atoms with Crippen molar-refractivity contribution in [2.24, 2.45) is 17.6 Å².